The third kappa shape index (κ3) is 5.55. The standard InChI is InChI=1S/C14H23NO2S2/c1-11(9-10-18-3)15-12(2)13-5-7-14(8-6-13)19(4,16)17/h5-8,11-12,15H,9-10H2,1-4H3. The van der Waals surface area contributed by atoms with E-state index in [9.17, 15) is 8.42 Å². The Kier molecular flexibility index (Phi) is 6.36. The number of nitrogens with one attached hydrogen (secondary N) is 1. The Bertz CT molecular complexity index is 483. The molecular weight excluding hydrogens is 278 g/mol. The van der Waals surface area contributed by atoms with Gasteiger partial charge in [0.15, 0.2) is 9.84 Å². The molecule has 0 fully saturated rings. The van der Waals surface area contributed by atoms with Crippen LogP contribution in [0.3, 0.4) is 0 Å². The zero-order chi connectivity index (χ0) is 14.5. The van der Waals surface area contributed by atoms with Crippen molar-refractivity contribution in [2.75, 3.05) is 18.3 Å². The molecule has 0 aliphatic heterocycles. The zero-order valence-electron chi connectivity index (χ0n) is 12.0. The molecule has 0 heterocycles. The first kappa shape index (κ1) is 16.5. The smallest absolute Gasteiger partial charge is 0.175 e. The van der Waals surface area contributed by atoms with E-state index in [1.54, 1.807) is 12.1 Å². The summed E-state index contributed by atoms with van der Waals surface area (Å²) in [5.74, 6) is 1.15. The molecule has 2 atom stereocenters. The van der Waals surface area contributed by atoms with E-state index in [1.807, 2.05) is 23.9 Å². The molecule has 0 saturated heterocycles. The highest BCUT2D eigenvalue weighted by molar-refractivity contribution is 7.98. The summed E-state index contributed by atoms with van der Waals surface area (Å²) in [5.41, 5.74) is 1.11. The lowest BCUT2D eigenvalue weighted by atomic mass is 10.1. The lowest BCUT2D eigenvalue weighted by Gasteiger charge is -2.20. The Labute approximate surface area is 121 Å². The Hall–Kier alpha value is -0.520. The van der Waals surface area contributed by atoms with Gasteiger partial charge in [0.2, 0.25) is 0 Å². The molecule has 108 valence electrons. The Morgan fingerprint density at radius 1 is 1.21 bits per heavy atom. The summed E-state index contributed by atoms with van der Waals surface area (Å²) in [6.45, 7) is 4.28. The fourth-order valence-electron chi connectivity index (χ4n) is 1.90. The van der Waals surface area contributed by atoms with Gasteiger partial charge in [-0.25, -0.2) is 8.42 Å². The first-order valence-electron chi connectivity index (χ1n) is 6.39. The molecule has 1 aromatic rings. The van der Waals surface area contributed by atoms with E-state index in [1.165, 1.54) is 6.26 Å². The molecular formula is C14H23NO2S2. The van der Waals surface area contributed by atoms with Crippen LogP contribution in [0.4, 0.5) is 0 Å². The lowest BCUT2D eigenvalue weighted by molar-refractivity contribution is 0.471. The van der Waals surface area contributed by atoms with Gasteiger partial charge in [0.1, 0.15) is 0 Å². The van der Waals surface area contributed by atoms with E-state index in [0.29, 0.717) is 10.9 Å². The SMILES string of the molecule is CSCCC(C)NC(C)c1ccc(S(C)(=O)=O)cc1. The number of thioether (sulfide) groups is 1. The largest absolute Gasteiger partial charge is 0.308 e. The summed E-state index contributed by atoms with van der Waals surface area (Å²) in [7, 11) is -3.10. The Morgan fingerprint density at radius 3 is 2.26 bits per heavy atom. The number of rotatable bonds is 7. The molecule has 19 heavy (non-hydrogen) atoms. The van der Waals surface area contributed by atoms with E-state index >= 15 is 0 Å². The molecule has 0 aromatic heterocycles. The summed E-state index contributed by atoms with van der Waals surface area (Å²) in [4.78, 5) is 0.374. The molecule has 0 saturated carbocycles. The third-order valence-electron chi connectivity index (χ3n) is 3.10. The average Bonchev–Trinajstić information content (AvgIpc) is 2.35. The van der Waals surface area contributed by atoms with Crippen LogP contribution < -0.4 is 5.32 Å². The lowest BCUT2D eigenvalue weighted by Crippen LogP contribution is -2.29. The molecule has 1 aromatic carbocycles. The predicted octanol–water partition coefficient (Wildman–Crippen LogP) is 2.88. The molecule has 1 rings (SSSR count). The molecule has 0 radical (unpaired) electrons. The molecule has 0 aliphatic carbocycles. The van der Waals surface area contributed by atoms with Crippen LogP contribution in [0.15, 0.2) is 29.2 Å². The van der Waals surface area contributed by atoms with Crippen molar-refractivity contribution in [1.29, 1.82) is 0 Å². The molecule has 0 bridgehead atoms. The van der Waals surface area contributed by atoms with Crippen LogP contribution in [-0.4, -0.2) is 32.7 Å². The fourth-order valence-corrected chi connectivity index (χ4v) is 3.12. The van der Waals surface area contributed by atoms with Crippen LogP contribution in [0.1, 0.15) is 31.9 Å². The van der Waals surface area contributed by atoms with Gasteiger partial charge in [0, 0.05) is 18.3 Å². The topological polar surface area (TPSA) is 46.2 Å². The quantitative estimate of drug-likeness (QED) is 0.841. The van der Waals surface area contributed by atoms with Crippen LogP contribution in [0.2, 0.25) is 0 Å². The maximum Gasteiger partial charge on any atom is 0.175 e. The molecule has 0 spiro atoms. The van der Waals surface area contributed by atoms with Crippen molar-refractivity contribution >= 4 is 21.6 Å². The van der Waals surface area contributed by atoms with Crippen molar-refractivity contribution < 1.29 is 8.42 Å². The van der Waals surface area contributed by atoms with Crippen LogP contribution >= 0.6 is 11.8 Å². The highest BCUT2D eigenvalue weighted by Crippen LogP contribution is 2.17. The second-order valence-corrected chi connectivity index (χ2v) is 7.91. The normalized spacial score (nSPS) is 15.2. The summed E-state index contributed by atoms with van der Waals surface area (Å²) in [5, 5.41) is 3.53. The second-order valence-electron chi connectivity index (χ2n) is 4.91. The van der Waals surface area contributed by atoms with Crippen LogP contribution in [0, 0.1) is 0 Å². The van der Waals surface area contributed by atoms with Gasteiger partial charge in [-0.05, 0) is 50.0 Å². The van der Waals surface area contributed by atoms with Crippen molar-refractivity contribution in [3.63, 3.8) is 0 Å². The monoisotopic (exact) mass is 301 g/mol. The summed E-state index contributed by atoms with van der Waals surface area (Å²) < 4.78 is 22.8. The summed E-state index contributed by atoms with van der Waals surface area (Å²) >= 11 is 1.85. The van der Waals surface area contributed by atoms with E-state index in [0.717, 1.165) is 17.7 Å². The second kappa shape index (κ2) is 7.31. The molecule has 2 unspecified atom stereocenters. The van der Waals surface area contributed by atoms with Gasteiger partial charge < -0.3 is 5.32 Å². The maximum atomic E-state index is 11.4. The van der Waals surface area contributed by atoms with Gasteiger partial charge in [0.05, 0.1) is 4.90 Å². The van der Waals surface area contributed by atoms with Crippen molar-refractivity contribution in [2.45, 2.75) is 37.2 Å². The van der Waals surface area contributed by atoms with E-state index in [4.69, 9.17) is 0 Å². The zero-order valence-corrected chi connectivity index (χ0v) is 13.6. The van der Waals surface area contributed by atoms with Gasteiger partial charge in [-0.2, -0.15) is 11.8 Å². The number of hydrogen-bond acceptors (Lipinski definition) is 4. The highest BCUT2D eigenvalue weighted by atomic mass is 32.2. The minimum atomic E-state index is -3.10. The average molecular weight is 301 g/mol. The van der Waals surface area contributed by atoms with Crippen LogP contribution in [-0.2, 0) is 9.84 Å². The van der Waals surface area contributed by atoms with Crippen molar-refractivity contribution in [3.05, 3.63) is 29.8 Å². The molecule has 0 amide bonds. The fraction of sp³-hybridized carbons (Fsp3) is 0.571. The van der Waals surface area contributed by atoms with E-state index < -0.39 is 9.84 Å². The molecule has 1 N–H and O–H groups in total. The molecule has 5 heteroatoms. The minimum Gasteiger partial charge on any atom is -0.308 e. The Balaban J connectivity index is 2.65. The summed E-state index contributed by atoms with van der Waals surface area (Å²) in [6.07, 6.45) is 4.47. The predicted molar refractivity (Wildman–Crippen MR) is 83.6 cm³/mol. The number of sulfone groups is 1. The van der Waals surface area contributed by atoms with Crippen molar-refractivity contribution in [2.24, 2.45) is 0 Å². The van der Waals surface area contributed by atoms with Crippen LogP contribution in [0.5, 0.6) is 0 Å². The van der Waals surface area contributed by atoms with Crippen LogP contribution in [0.25, 0.3) is 0 Å². The van der Waals surface area contributed by atoms with Gasteiger partial charge in [0.25, 0.3) is 0 Å². The first-order valence-corrected chi connectivity index (χ1v) is 9.68. The number of benzene rings is 1. The number of hydrogen-bond donors (Lipinski definition) is 1. The van der Waals surface area contributed by atoms with Crippen molar-refractivity contribution in [1.82, 2.24) is 5.32 Å². The summed E-state index contributed by atoms with van der Waals surface area (Å²) in [6, 6.07) is 7.80. The highest BCUT2D eigenvalue weighted by Gasteiger charge is 2.11. The minimum absolute atomic E-state index is 0.227. The van der Waals surface area contributed by atoms with Gasteiger partial charge >= 0.3 is 0 Å². The van der Waals surface area contributed by atoms with E-state index in [2.05, 4.69) is 25.4 Å². The first-order chi connectivity index (χ1) is 8.84. The van der Waals surface area contributed by atoms with Crippen molar-refractivity contribution in [3.8, 4) is 0 Å². The van der Waals surface area contributed by atoms with Gasteiger partial charge in [-0.1, -0.05) is 12.1 Å². The Morgan fingerprint density at radius 2 is 1.79 bits per heavy atom. The molecule has 3 nitrogen and oxygen atoms in total. The third-order valence-corrected chi connectivity index (χ3v) is 4.87. The van der Waals surface area contributed by atoms with Gasteiger partial charge in [-0.3, -0.25) is 0 Å². The van der Waals surface area contributed by atoms with Gasteiger partial charge in [-0.15, -0.1) is 0 Å². The van der Waals surface area contributed by atoms with E-state index in [-0.39, 0.29) is 6.04 Å². The molecule has 0 aliphatic rings. The maximum absolute atomic E-state index is 11.4.